The fourth-order valence-corrected chi connectivity index (χ4v) is 12.8. The van der Waals surface area contributed by atoms with Crippen molar-refractivity contribution in [2.45, 2.75) is 156 Å². The third-order valence-corrected chi connectivity index (χ3v) is 17.1. The number of nitrogens with zero attached hydrogens (tertiary/aromatic N) is 7. The number of methoxy groups -OCH3 is 1. The fourth-order valence-electron chi connectivity index (χ4n) is 12.8. The lowest BCUT2D eigenvalue weighted by Crippen LogP contribution is -2.62. The highest BCUT2D eigenvalue weighted by Crippen LogP contribution is 2.44. The van der Waals surface area contributed by atoms with Gasteiger partial charge in [0.2, 0.25) is 11.8 Å². The van der Waals surface area contributed by atoms with Gasteiger partial charge >= 0.3 is 12.1 Å². The molecule has 10 rings (SSSR count). The molecule has 5 aliphatic heterocycles. The summed E-state index contributed by atoms with van der Waals surface area (Å²) in [7, 11) is 3.33. The van der Waals surface area contributed by atoms with Crippen molar-refractivity contribution in [3.8, 4) is 28.1 Å². The van der Waals surface area contributed by atoms with E-state index in [0.717, 1.165) is 76.4 Å². The number of hydrogen-bond acceptors (Lipinski definition) is 13. The van der Waals surface area contributed by atoms with Crippen molar-refractivity contribution in [2.75, 3.05) is 71.5 Å². The molecule has 0 spiro atoms. The first kappa shape index (κ1) is 56.1. The van der Waals surface area contributed by atoms with Crippen LogP contribution >= 0.6 is 0 Å². The maximum Gasteiger partial charge on any atom is 0.410 e. The van der Waals surface area contributed by atoms with Crippen molar-refractivity contribution in [3.05, 3.63) is 65.5 Å². The summed E-state index contributed by atoms with van der Waals surface area (Å²) in [5.74, 6) is -2.28. The Morgan fingerprint density at radius 3 is 2.34 bits per heavy atom. The standard InChI is InChI=1S/C61H83N9O9/c1-12-68-50-18-15-39-30-45(50)47(54(68)46-31-42(33-62-52(46)37(4)76-11)67-24-22-66(23-25-67)41-16-17-41)32-61(8,9)35-78-58(74)48-14-13-20-70(64-48)57(73)49-28-38-26-40(39)29-43(27-38)77-34-51-44(19-21-69(51)59(75)79-60(5,6)7)56(72)65(10)53(36(2)3)55(71)63-49/h15,18,26-27,29-31,33,36-37,41,44,48-49,51,53,64H,12-14,16-17,19-25,28,32,34-35H2,1-11H3,(H,63,71)/t37-,44-,48-,49-,51+,53-/m0/s1. The van der Waals surface area contributed by atoms with Gasteiger partial charge in [0.1, 0.15) is 36.1 Å². The number of aryl methyl sites for hydroxylation is 1. The monoisotopic (exact) mass is 1090 g/mol. The molecule has 1 aliphatic carbocycles. The van der Waals surface area contributed by atoms with Gasteiger partial charge in [0.25, 0.3) is 5.91 Å². The minimum absolute atomic E-state index is 0.0328. The Morgan fingerprint density at radius 1 is 0.886 bits per heavy atom. The van der Waals surface area contributed by atoms with E-state index >= 15 is 4.79 Å². The van der Waals surface area contributed by atoms with Gasteiger partial charge in [-0.1, -0.05) is 39.8 Å². The zero-order valence-electron chi connectivity index (χ0n) is 48.4. The number of carbonyl (C=O) groups is 5. The SMILES string of the molecule is CCn1c(-c2cc(N3CCN(C4CC4)CC3)cnc2[C@H](C)OC)c2c3cc(ccc31)-c1cc3cc(c1)OC[C@@H]1[C@H](CCN1C(=O)OC(C)(C)C)C(=O)N(C)[C@@H](C(C)C)C(=O)N[C@@H](C3)C(=O)N1CCC[C@H](N1)C(=O)OCC(C)(C)C2. The van der Waals surface area contributed by atoms with Gasteiger partial charge < -0.3 is 43.5 Å². The van der Waals surface area contributed by atoms with Crippen LogP contribution in [0.15, 0.2) is 48.7 Å². The molecule has 0 radical (unpaired) electrons. The number of piperazine rings is 1. The quantitative estimate of drug-likeness (QED) is 0.174. The number of hydrogen-bond donors (Lipinski definition) is 2. The number of likely N-dealkylation sites (tertiary alicyclic amines) is 1. The summed E-state index contributed by atoms with van der Waals surface area (Å²) >= 11 is 0. The first-order valence-corrected chi connectivity index (χ1v) is 28.9. The Morgan fingerprint density at radius 2 is 1.65 bits per heavy atom. The Labute approximate surface area is 465 Å². The molecule has 79 heavy (non-hydrogen) atoms. The van der Waals surface area contributed by atoms with E-state index < -0.39 is 65.0 Å². The minimum Gasteiger partial charge on any atom is -0.491 e. The Balaban J connectivity index is 1.15. The molecule has 4 fully saturated rings. The zero-order chi connectivity index (χ0) is 56.2. The molecule has 4 aromatic rings. The number of anilines is 1. The van der Waals surface area contributed by atoms with Crippen LogP contribution in [0, 0.1) is 17.3 Å². The zero-order valence-corrected chi connectivity index (χ0v) is 48.4. The summed E-state index contributed by atoms with van der Waals surface area (Å²) < 4.78 is 27.4. The fraction of sp³-hybridized carbons (Fsp3) is 0.607. The van der Waals surface area contributed by atoms with Gasteiger partial charge in [-0.05, 0) is 132 Å². The van der Waals surface area contributed by atoms with Crippen LogP contribution in [0.3, 0.4) is 0 Å². The molecule has 2 aromatic heterocycles. The Bertz CT molecular complexity index is 2970. The molecule has 2 N–H and O–H groups in total. The average molecular weight is 1090 g/mol. The number of likely N-dealkylation sites (N-methyl/N-ethyl adjacent to an activating group) is 1. The topological polar surface area (TPSA) is 180 Å². The van der Waals surface area contributed by atoms with Crippen molar-refractivity contribution in [2.24, 2.45) is 17.3 Å². The van der Waals surface area contributed by atoms with E-state index in [4.69, 9.17) is 23.9 Å². The lowest BCUT2D eigenvalue weighted by Gasteiger charge is -2.37. The lowest BCUT2D eigenvalue weighted by molar-refractivity contribution is -0.155. The molecule has 6 aliphatic rings. The lowest BCUT2D eigenvalue weighted by atomic mass is 9.84. The maximum atomic E-state index is 15.0. The van der Waals surface area contributed by atoms with Crippen LogP contribution < -0.4 is 20.4 Å². The number of benzene rings is 2. The average Bonchev–Trinajstić information content (AvgIpc) is 4.17. The number of ether oxygens (including phenoxy) is 4. The van der Waals surface area contributed by atoms with Crippen LogP contribution in [0.25, 0.3) is 33.3 Å². The van der Waals surface area contributed by atoms with Crippen molar-refractivity contribution in [1.82, 2.24) is 40.0 Å². The number of fused-ring (bicyclic) bond motifs is 8. The highest BCUT2D eigenvalue weighted by atomic mass is 16.6. The second-order valence-electron chi connectivity index (χ2n) is 25.0. The molecule has 4 amide bonds. The van der Waals surface area contributed by atoms with Crippen molar-refractivity contribution in [3.63, 3.8) is 0 Å². The number of amides is 4. The van der Waals surface area contributed by atoms with Gasteiger partial charge in [0.05, 0.1) is 47.9 Å². The number of esters is 1. The van der Waals surface area contributed by atoms with Gasteiger partial charge in [-0.15, -0.1) is 0 Å². The van der Waals surface area contributed by atoms with Gasteiger partial charge in [-0.25, -0.2) is 10.2 Å². The highest BCUT2D eigenvalue weighted by Gasteiger charge is 2.47. The van der Waals surface area contributed by atoms with E-state index in [1.165, 1.54) is 22.8 Å². The molecule has 3 saturated heterocycles. The van der Waals surface area contributed by atoms with E-state index in [9.17, 15) is 19.2 Å². The second kappa shape index (κ2) is 22.4. The summed E-state index contributed by atoms with van der Waals surface area (Å²) in [6.45, 7) is 22.8. The van der Waals surface area contributed by atoms with Gasteiger partial charge in [-0.2, -0.15) is 0 Å². The summed E-state index contributed by atoms with van der Waals surface area (Å²) in [5.41, 5.74) is 10.3. The number of cyclic esters (lactones) is 1. The predicted molar refractivity (Wildman–Crippen MR) is 302 cm³/mol. The molecular formula is C61H83N9O9. The van der Waals surface area contributed by atoms with Crippen LogP contribution in [0.5, 0.6) is 5.75 Å². The molecule has 426 valence electrons. The molecule has 0 unspecified atom stereocenters. The predicted octanol–water partition coefficient (Wildman–Crippen LogP) is 7.53. The molecule has 8 bridgehead atoms. The summed E-state index contributed by atoms with van der Waals surface area (Å²) in [5, 5.41) is 5.58. The third kappa shape index (κ3) is 11.7. The van der Waals surface area contributed by atoms with Gasteiger partial charge in [0, 0.05) is 94.3 Å². The van der Waals surface area contributed by atoms with Gasteiger partial charge in [0.15, 0.2) is 0 Å². The largest absolute Gasteiger partial charge is 0.491 e. The van der Waals surface area contributed by atoms with E-state index in [-0.39, 0.29) is 44.1 Å². The molecule has 18 nitrogen and oxygen atoms in total. The summed E-state index contributed by atoms with van der Waals surface area (Å²) in [4.78, 5) is 86.3. The number of hydrazine groups is 1. The molecule has 7 heterocycles. The smallest absolute Gasteiger partial charge is 0.410 e. The van der Waals surface area contributed by atoms with E-state index in [1.807, 2.05) is 59.9 Å². The Kier molecular flexibility index (Phi) is 15.9. The number of pyridine rings is 1. The first-order valence-electron chi connectivity index (χ1n) is 28.9. The third-order valence-electron chi connectivity index (χ3n) is 17.1. The summed E-state index contributed by atoms with van der Waals surface area (Å²) in [6, 6.07) is 11.8. The van der Waals surface area contributed by atoms with Crippen LogP contribution in [-0.2, 0) is 52.8 Å². The number of nitrogens with one attached hydrogen (secondary N) is 2. The summed E-state index contributed by atoms with van der Waals surface area (Å²) in [6.07, 6.45) is 5.61. The first-order chi connectivity index (χ1) is 37.6. The molecule has 18 heteroatoms. The van der Waals surface area contributed by atoms with Crippen molar-refractivity contribution in [1.29, 1.82) is 0 Å². The second-order valence-corrected chi connectivity index (χ2v) is 25.0. The minimum atomic E-state index is -1.12. The number of carbonyl (C=O) groups excluding carboxylic acids is 5. The number of aromatic nitrogens is 2. The van der Waals surface area contributed by atoms with Crippen molar-refractivity contribution < 1.29 is 42.9 Å². The molecule has 6 atom stereocenters. The number of rotatable bonds is 7. The van der Waals surface area contributed by atoms with Gasteiger partial charge in [-0.3, -0.25) is 34.1 Å². The highest BCUT2D eigenvalue weighted by molar-refractivity contribution is 5.96. The van der Waals surface area contributed by atoms with Crippen LogP contribution in [0.2, 0.25) is 0 Å². The van der Waals surface area contributed by atoms with Crippen LogP contribution in [0.4, 0.5) is 10.5 Å². The van der Waals surface area contributed by atoms with E-state index in [2.05, 4.69) is 76.2 Å². The maximum absolute atomic E-state index is 15.0. The normalized spacial score (nSPS) is 25.0. The molecular weight excluding hydrogens is 1000 g/mol. The van der Waals surface area contributed by atoms with E-state index in [1.54, 1.807) is 19.1 Å². The molecule has 1 saturated carbocycles. The van der Waals surface area contributed by atoms with Crippen molar-refractivity contribution >= 4 is 46.4 Å². The molecule has 2 aromatic carbocycles. The van der Waals surface area contributed by atoms with E-state index in [0.29, 0.717) is 56.1 Å². The van der Waals surface area contributed by atoms with Crippen LogP contribution in [0.1, 0.15) is 117 Å². The Hall–Kier alpha value is -6.24. The van der Waals surface area contributed by atoms with Crippen LogP contribution in [-0.4, -0.2) is 161 Å².